The van der Waals surface area contributed by atoms with E-state index in [1.54, 1.807) is 43.5 Å². The van der Waals surface area contributed by atoms with Crippen LogP contribution in [0.15, 0.2) is 53.7 Å². The molecule has 3 aromatic rings. The molecule has 2 heterocycles. The van der Waals surface area contributed by atoms with Crippen LogP contribution in [0.2, 0.25) is 0 Å². The number of carbonyl (C=O) groups excluding carboxylic acids is 1. The molecule has 1 fully saturated rings. The molecule has 0 aliphatic heterocycles. The number of hydrogen-bond acceptors (Lipinski definition) is 5. The Hall–Kier alpha value is -2.67. The average Bonchev–Trinajstić information content (AvgIpc) is 3.33. The minimum Gasteiger partial charge on any atom is -0.466 e. The zero-order valence-corrected chi connectivity index (χ0v) is 15.9. The Bertz CT molecular complexity index is 1120. The molecule has 0 spiro atoms. The summed E-state index contributed by atoms with van der Waals surface area (Å²) in [7, 11) is -3.71. The molecule has 1 saturated carbocycles. The smallest absolute Gasteiger partial charge is 0.309 e. The lowest BCUT2D eigenvalue weighted by molar-refractivity contribution is -0.144. The van der Waals surface area contributed by atoms with Gasteiger partial charge in [-0.3, -0.25) is 4.79 Å². The molecule has 1 aliphatic rings. The summed E-state index contributed by atoms with van der Waals surface area (Å²) < 4.78 is 32.1. The van der Waals surface area contributed by atoms with Crippen molar-refractivity contribution in [3.8, 4) is 0 Å². The van der Waals surface area contributed by atoms with Crippen LogP contribution in [0.3, 0.4) is 0 Å². The topological polar surface area (TPSA) is 78.3 Å². The molecule has 0 N–H and O–H groups in total. The van der Waals surface area contributed by atoms with Crippen molar-refractivity contribution in [2.24, 2.45) is 5.92 Å². The Morgan fingerprint density at radius 1 is 1.26 bits per heavy atom. The van der Waals surface area contributed by atoms with Crippen LogP contribution in [0.1, 0.15) is 30.4 Å². The summed E-state index contributed by atoms with van der Waals surface area (Å²) in [5, 5.41) is 0.734. The van der Waals surface area contributed by atoms with Crippen LogP contribution in [0.5, 0.6) is 0 Å². The van der Waals surface area contributed by atoms with Crippen LogP contribution in [-0.4, -0.2) is 30.0 Å². The van der Waals surface area contributed by atoms with Gasteiger partial charge in [0.2, 0.25) is 0 Å². The van der Waals surface area contributed by atoms with Crippen LogP contribution in [0.4, 0.5) is 0 Å². The van der Waals surface area contributed by atoms with Gasteiger partial charge in [0.15, 0.2) is 5.65 Å². The van der Waals surface area contributed by atoms with E-state index in [4.69, 9.17) is 4.74 Å². The molecule has 0 unspecified atom stereocenters. The highest BCUT2D eigenvalue weighted by atomic mass is 32.2. The summed E-state index contributed by atoms with van der Waals surface area (Å²) in [6.45, 7) is 4.07. The lowest BCUT2D eigenvalue weighted by atomic mass is 10.1. The number of aromatic nitrogens is 2. The first kappa shape index (κ1) is 17.7. The summed E-state index contributed by atoms with van der Waals surface area (Å²) in [6, 6.07) is 10.4. The molecule has 0 saturated heterocycles. The van der Waals surface area contributed by atoms with Gasteiger partial charge in [-0.25, -0.2) is 17.4 Å². The molecule has 0 radical (unpaired) electrons. The largest absolute Gasteiger partial charge is 0.466 e. The van der Waals surface area contributed by atoms with Gasteiger partial charge in [0.05, 0.1) is 17.4 Å². The molecule has 2 aromatic heterocycles. The minimum atomic E-state index is -3.71. The second-order valence-electron chi connectivity index (χ2n) is 6.81. The maximum Gasteiger partial charge on any atom is 0.309 e. The van der Waals surface area contributed by atoms with Crippen molar-refractivity contribution in [2.45, 2.75) is 31.1 Å². The van der Waals surface area contributed by atoms with Gasteiger partial charge < -0.3 is 4.74 Å². The zero-order valence-electron chi connectivity index (χ0n) is 15.1. The molecule has 0 amide bonds. The molecule has 4 rings (SSSR count). The lowest BCUT2D eigenvalue weighted by Gasteiger charge is -2.08. The third-order valence-corrected chi connectivity index (χ3v) is 6.58. The standard InChI is InChI=1S/C20H20N2O4S/c1-3-26-20(23)18-11-17(18)15-10-14-8-9-22(19(14)21-12-15)27(24,25)16-6-4-13(2)5-7-16/h4-10,12,17-18H,3,11H2,1-2H3/t17-,18-/m0/s1. The van der Waals surface area contributed by atoms with Crippen LogP contribution >= 0.6 is 0 Å². The van der Waals surface area contributed by atoms with Crippen molar-refractivity contribution in [3.05, 3.63) is 59.9 Å². The molecule has 0 bridgehead atoms. The zero-order chi connectivity index (χ0) is 19.2. The molecule has 1 aromatic carbocycles. The summed E-state index contributed by atoms with van der Waals surface area (Å²) in [5.74, 6) is -0.206. The van der Waals surface area contributed by atoms with E-state index in [1.807, 2.05) is 13.0 Å². The van der Waals surface area contributed by atoms with E-state index in [1.165, 1.54) is 10.2 Å². The van der Waals surface area contributed by atoms with Gasteiger partial charge >= 0.3 is 5.97 Å². The fourth-order valence-electron chi connectivity index (χ4n) is 3.31. The number of ether oxygens (including phenoxy) is 1. The van der Waals surface area contributed by atoms with Gasteiger partial charge in [-0.05, 0) is 56.0 Å². The Balaban J connectivity index is 1.66. The maximum absolute atomic E-state index is 12.9. The van der Waals surface area contributed by atoms with Gasteiger partial charge in [0.25, 0.3) is 10.0 Å². The lowest BCUT2D eigenvalue weighted by Crippen LogP contribution is -2.12. The molecule has 140 valence electrons. The number of hydrogen-bond donors (Lipinski definition) is 0. The van der Waals surface area contributed by atoms with Gasteiger partial charge in [-0.1, -0.05) is 17.7 Å². The SMILES string of the molecule is CCOC(=O)[C@H]1C[C@H]1c1cnc2c(ccn2S(=O)(=O)c2ccc(C)cc2)c1. The number of carbonyl (C=O) groups is 1. The van der Waals surface area contributed by atoms with Gasteiger partial charge in [-0.2, -0.15) is 0 Å². The normalized spacial score (nSPS) is 19.2. The van der Waals surface area contributed by atoms with E-state index in [-0.39, 0.29) is 22.7 Å². The van der Waals surface area contributed by atoms with Crippen LogP contribution < -0.4 is 0 Å². The van der Waals surface area contributed by atoms with Crippen molar-refractivity contribution in [3.63, 3.8) is 0 Å². The fraction of sp³-hybridized carbons (Fsp3) is 0.300. The highest BCUT2D eigenvalue weighted by Gasteiger charge is 2.45. The summed E-state index contributed by atoms with van der Waals surface area (Å²) in [6.07, 6.45) is 3.92. The number of fused-ring (bicyclic) bond motifs is 1. The van der Waals surface area contributed by atoms with Crippen molar-refractivity contribution in [2.75, 3.05) is 6.61 Å². The first-order chi connectivity index (χ1) is 12.9. The molecule has 2 atom stereocenters. The number of aryl methyl sites for hydroxylation is 1. The van der Waals surface area contributed by atoms with Gasteiger partial charge in [0.1, 0.15) is 0 Å². The van der Waals surface area contributed by atoms with E-state index >= 15 is 0 Å². The predicted octanol–water partition coefficient (Wildman–Crippen LogP) is 3.25. The quantitative estimate of drug-likeness (QED) is 0.631. The molecular formula is C20H20N2O4S. The van der Waals surface area contributed by atoms with Gasteiger partial charge in [0, 0.05) is 17.8 Å². The molecule has 7 heteroatoms. The average molecular weight is 384 g/mol. The molecule has 6 nitrogen and oxygen atoms in total. The first-order valence-corrected chi connectivity index (χ1v) is 10.3. The summed E-state index contributed by atoms with van der Waals surface area (Å²) >= 11 is 0. The molecule has 1 aliphatic carbocycles. The Kier molecular flexibility index (Phi) is 4.26. The van der Waals surface area contributed by atoms with Crippen LogP contribution in [-0.2, 0) is 19.6 Å². The highest BCUT2D eigenvalue weighted by Crippen LogP contribution is 2.48. The third-order valence-electron chi connectivity index (χ3n) is 4.90. The fourth-order valence-corrected chi connectivity index (χ4v) is 4.62. The van der Waals surface area contributed by atoms with Gasteiger partial charge in [-0.15, -0.1) is 0 Å². The minimum absolute atomic E-state index is 0.0954. The van der Waals surface area contributed by atoms with E-state index in [0.29, 0.717) is 12.3 Å². The number of pyridine rings is 1. The summed E-state index contributed by atoms with van der Waals surface area (Å²) in [5.41, 5.74) is 2.31. The van der Waals surface area contributed by atoms with E-state index < -0.39 is 10.0 Å². The number of nitrogens with zero attached hydrogens (tertiary/aromatic N) is 2. The number of esters is 1. The highest BCUT2D eigenvalue weighted by molar-refractivity contribution is 7.90. The van der Waals surface area contributed by atoms with Crippen molar-refractivity contribution < 1.29 is 17.9 Å². The van der Waals surface area contributed by atoms with E-state index in [9.17, 15) is 13.2 Å². The predicted molar refractivity (Wildman–Crippen MR) is 101 cm³/mol. The first-order valence-electron chi connectivity index (χ1n) is 8.87. The van der Waals surface area contributed by atoms with E-state index in [2.05, 4.69) is 4.98 Å². The van der Waals surface area contributed by atoms with Crippen molar-refractivity contribution in [1.29, 1.82) is 0 Å². The second kappa shape index (κ2) is 6.49. The van der Waals surface area contributed by atoms with Crippen LogP contribution in [0, 0.1) is 12.8 Å². The number of rotatable bonds is 5. The molecular weight excluding hydrogens is 364 g/mol. The number of benzene rings is 1. The second-order valence-corrected chi connectivity index (χ2v) is 8.63. The maximum atomic E-state index is 12.9. The van der Waals surface area contributed by atoms with Crippen molar-refractivity contribution in [1.82, 2.24) is 8.96 Å². The third kappa shape index (κ3) is 3.12. The van der Waals surface area contributed by atoms with Crippen molar-refractivity contribution >= 4 is 27.0 Å². The van der Waals surface area contributed by atoms with Crippen LogP contribution in [0.25, 0.3) is 11.0 Å². The Labute approximate surface area is 157 Å². The summed E-state index contributed by atoms with van der Waals surface area (Å²) in [4.78, 5) is 16.4. The molecule has 27 heavy (non-hydrogen) atoms. The Morgan fingerprint density at radius 2 is 2.00 bits per heavy atom. The monoisotopic (exact) mass is 384 g/mol. The Morgan fingerprint density at radius 3 is 2.70 bits per heavy atom. The van der Waals surface area contributed by atoms with E-state index in [0.717, 1.165) is 22.9 Å².